The Labute approximate surface area is 92.2 Å². The average Bonchev–Trinajstić information content (AvgIpc) is 1.65. The van der Waals surface area contributed by atoms with Crippen molar-refractivity contribution in [1.29, 1.82) is 0 Å². The van der Waals surface area contributed by atoms with Crippen LogP contribution in [0.1, 0.15) is 26.7 Å². The molecule has 0 saturated heterocycles. The van der Waals surface area contributed by atoms with E-state index in [0.717, 1.165) is 6.42 Å². The fourth-order valence-corrected chi connectivity index (χ4v) is 0.560. The summed E-state index contributed by atoms with van der Waals surface area (Å²) in [5, 5.41) is 17.6. The normalized spacial score (nSPS) is 16.0. The van der Waals surface area contributed by atoms with Gasteiger partial charge < -0.3 is 10.2 Å². The summed E-state index contributed by atoms with van der Waals surface area (Å²) < 4.78 is 0. The number of rotatable bonds is 3. The average molecular weight is 345 g/mol. The van der Waals surface area contributed by atoms with E-state index in [0.29, 0.717) is 6.42 Å². The van der Waals surface area contributed by atoms with E-state index >= 15 is 0 Å². The molecule has 0 spiro atoms. The first-order valence-electron chi connectivity index (χ1n) is 3.03. The van der Waals surface area contributed by atoms with Gasteiger partial charge in [-0.2, -0.15) is 0 Å². The monoisotopic (exact) mass is 345 g/mol. The van der Waals surface area contributed by atoms with Crippen LogP contribution in [0.25, 0.3) is 0 Å². The summed E-state index contributed by atoms with van der Waals surface area (Å²) in [6, 6.07) is 0. The molecule has 0 aliphatic rings. The van der Waals surface area contributed by atoms with Crippen molar-refractivity contribution >= 4 is 0 Å². The fourth-order valence-electron chi connectivity index (χ4n) is 0.560. The van der Waals surface area contributed by atoms with Gasteiger partial charge >= 0.3 is 0 Å². The predicted molar refractivity (Wildman–Crippen MR) is 32.6 cm³/mol. The Morgan fingerprint density at radius 1 is 1.33 bits per heavy atom. The first kappa shape index (κ1) is 13.0. The molecule has 2 atom stereocenters. The van der Waals surface area contributed by atoms with E-state index in [2.05, 4.69) is 0 Å². The Kier molecular flexibility index (Phi) is 10.8. The molecule has 0 aliphatic heterocycles. The molecule has 0 aliphatic carbocycles. The minimum Gasteiger partial charge on any atom is -0.393 e. The molecule has 3 heteroatoms. The van der Waals surface area contributed by atoms with Crippen LogP contribution in [0.15, 0.2) is 0 Å². The minimum atomic E-state index is -0.370. The summed E-state index contributed by atoms with van der Waals surface area (Å²) in [6.45, 7) is 3.58. The van der Waals surface area contributed by atoms with Crippen LogP contribution in [0, 0.1) is 44.1 Å². The van der Waals surface area contributed by atoms with Gasteiger partial charge in [-0.1, -0.05) is 6.92 Å². The summed E-state index contributed by atoms with van der Waals surface area (Å²) in [7, 11) is 0. The third kappa shape index (κ3) is 9.36. The van der Waals surface area contributed by atoms with Crippen molar-refractivity contribution in [2.24, 2.45) is 0 Å². The second-order valence-electron chi connectivity index (χ2n) is 2.15. The van der Waals surface area contributed by atoms with Crippen LogP contribution in [0.3, 0.4) is 0 Å². The van der Waals surface area contributed by atoms with Crippen molar-refractivity contribution in [1.82, 2.24) is 0 Å². The maximum atomic E-state index is 8.87. The van der Waals surface area contributed by atoms with Crippen LogP contribution in [-0.4, -0.2) is 22.4 Å². The van der Waals surface area contributed by atoms with Crippen LogP contribution in [-0.2, 0) is 0 Å². The molecule has 0 aromatic carbocycles. The largest absolute Gasteiger partial charge is 0.393 e. The van der Waals surface area contributed by atoms with E-state index in [1.807, 2.05) is 6.92 Å². The fraction of sp³-hybridized carbons (Fsp3) is 1.00. The molecule has 2 nitrogen and oxygen atoms in total. The van der Waals surface area contributed by atoms with Gasteiger partial charge in [0.2, 0.25) is 0 Å². The second kappa shape index (κ2) is 7.47. The van der Waals surface area contributed by atoms with Gasteiger partial charge in [0, 0.05) is 44.1 Å². The van der Waals surface area contributed by atoms with E-state index in [1.54, 1.807) is 6.92 Å². The molecule has 0 aromatic rings. The van der Waals surface area contributed by atoms with Gasteiger partial charge in [0.05, 0.1) is 12.2 Å². The quantitative estimate of drug-likeness (QED) is 0.784. The molecule has 0 fully saturated rings. The van der Waals surface area contributed by atoms with Gasteiger partial charge in [-0.05, 0) is 19.8 Å². The van der Waals surface area contributed by atoms with Gasteiger partial charge in [-0.3, -0.25) is 0 Å². The molecular formula is C6H14AcO2. The Bertz CT molecular complexity index is 57.0. The van der Waals surface area contributed by atoms with Crippen molar-refractivity contribution in [3.8, 4) is 0 Å². The summed E-state index contributed by atoms with van der Waals surface area (Å²) >= 11 is 0. The summed E-state index contributed by atoms with van der Waals surface area (Å²) in [6.07, 6.45) is 0.529. The summed E-state index contributed by atoms with van der Waals surface area (Å²) in [5.41, 5.74) is 0. The Balaban J connectivity index is 0. The third-order valence-corrected chi connectivity index (χ3v) is 1.08. The number of aliphatic hydroxyl groups is 2. The number of hydrogen-bond acceptors (Lipinski definition) is 2. The molecule has 1 radical (unpaired) electrons. The van der Waals surface area contributed by atoms with Crippen molar-refractivity contribution in [3.05, 3.63) is 0 Å². The van der Waals surface area contributed by atoms with E-state index in [4.69, 9.17) is 10.2 Å². The van der Waals surface area contributed by atoms with Crippen molar-refractivity contribution in [3.63, 3.8) is 0 Å². The van der Waals surface area contributed by atoms with Gasteiger partial charge in [-0.15, -0.1) is 0 Å². The number of aliphatic hydroxyl groups excluding tert-OH is 2. The van der Waals surface area contributed by atoms with Crippen molar-refractivity contribution in [2.45, 2.75) is 38.9 Å². The molecule has 2 N–H and O–H groups in total. The Morgan fingerprint density at radius 2 is 1.78 bits per heavy atom. The molecule has 0 amide bonds. The van der Waals surface area contributed by atoms with E-state index < -0.39 is 0 Å². The first-order valence-corrected chi connectivity index (χ1v) is 3.03. The second-order valence-corrected chi connectivity index (χ2v) is 2.15. The summed E-state index contributed by atoms with van der Waals surface area (Å²) in [5.74, 6) is 0. The Hall–Kier alpha value is 1.36. The molecule has 0 saturated carbocycles. The first-order chi connectivity index (χ1) is 3.66. The SMILES string of the molecule is CCC(O)CC(C)O.[Ac]. The van der Waals surface area contributed by atoms with Crippen LogP contribution >= 0.6 is 0 Å². The molecule has 0 bridgehead atoms. The van der Waals surface area contributed by atoms with Gasteiger partial charge in [0.25, 0.3) is 0 Å². The van der Waals surface area contributed by atoms with Crippen LogP contribution in [0.5, 0.6) is 0 Å². The van der Waals surface area contributed by atoms with Crippen LogP contribution in [0.2, 0.25) is 0 Å². The zero-order valence-corrected chi connectivity index (χ0v) is 10.8. The maximum Gasteiger partial charge on any atom is 0.0562 e. The van der Waals surface area contributed by atoms with Crippen molar-refractivity contribution in [2.75, 3.05) is 0 Å². The Morgan fingerprint density at radius 3 is 1.89 bits per heavy atom. The molecule has 0 aromatic heterocycles. The molecule has 0 rings (SSSR count). The van der Waals surface area contributed by atoms with Crippen LogP contribution < -0.4 is 0 Å². The van der Waals surface area contributed by atoms with Gasteiger partial charge in [-0.25, -0.2) is 0 Å². The van der Waals surface area contributed by atoms with E-state index in [-0.39, 0.29) is 56.3 Å². The molecule has 0 heterocycles. The zero-order valence-electron chi connectivity index (χ0n) is 6.04. The van der Waals surface area contributed by atoms with Gasteiger partial charge in [0.1, 0.15) is 0 Å². The van der Waals surface area contributed by atoms with Crippen molar-refractivity contribution < 1.29 is 54.3 Å². The van der Waals surface area contributed by atoms with E-state index in [1.165, 1.54) is 0 Å². The number of hydrogen-bond donors (Lipinski definition) is 2. The predicted octanol–water partition coefficient (Wildman–Crippen LogP) is 0.528. The van der Waals surface area contributed by atoms with E-state index in [9.17, 15) is 0 Å². The molecular weight excluding hydrogens is 331 g/mol. The van der Waals surface area contributed by atoms with Gasteiger partial charge in [0.15, 0.2) is 0 Å². The topological polar surface area (TPSA) is 40.5 Å². The standard InChI is InChI=1S/C6H14O2.Ac/c1-3-6(8)4-5(2)7;/h5-8H,3-4H2,1-2H3;. The maximum absolute atomic E-state index is 8.87. The zero-order chi connectivity index (χ0) is 6.57. The molecule has 53 valence electrons. The summed E-state index contributed by atoms with van der Waals surface area (Å²) in [4.78, 5) is 0. The molecule has 9 heavy (non-hydrogen) atoms. The third-order valence-electron chi connectivity index (χ3n) is 1.08. The van der Waals surface area contributed by atoms with Crippen LogP contribution in [0.4, 0.5) is 0 Å². The smallest absolute Gasteiger partial charge is 0.0562 e. The molecule has 2 unspecified atom stereocenters. The minimum absolute atomic E-state index is 0.